The van der Waals surface area contributed by atoms with Crippen molar-refractivity contribution in [3.8, 4) is 0 Å². The van der Waals surface area contributed by atoms with Crippen molar-refractivity contribution in [1.82, 2.24) is 14.1 Å². The van der Waals surface area contributed by atoms with E-state index in [4.69, 9.17) is 0 Å². The number of hydrogen-bond acceptors (Lipinski definition) is 4. The maximum Gasteiger partial charge on any atom is 0.416 e. The lowest BCUT2D eigenvalue weighted by molar-refractivity contribution is -0.138. The van der Waals surface area contributed by atoms with Crippen LogP contribution in [-0.4, -0.2) is 79.4 Å². The highest BCUT2D eigenvalue weighted by atomic mass is 32.2. The molecule has 31 heavy (non-hydrogen) atoms. The number of sulfonamides is 1. The van der Waals surface area contributed by atoms with Gasteiger partial charge in [0.1, 0.15) is 0 Å². The molecule has 1 aromatic carbocycles. The number of hydrogen-bond donors (Lipinski definition) is 0. The van der Waals surface area contributed by atoms with Gasteiger partial charge in [-0.15, -0.1) is 0 Å². The van der Waals surface area contributed by atoms with E-state index in [2.05, 4.69) is 0 Å². The van der Waals surface area contributed by atoms with Gasteiger partial charge in [-0.25, -0.2) is 12.7 Å². The van der Waals surface area contributed by atoms with Gasteiger partial charge in [0.25, 0.3) is 5.91 Å². The molecule has 0 N–H and O–H groups in total. The molecule has 0 spiro atoms. The molecule has 0 radical (unpaired) electrons. The van der Waals surface area contributed by atoms with E-state index >= 15 is 0 Å². The summed E-state index contributed by atoms with van der Waals surface area (Å²) in [6.45, 7) is 3.32. The van der Waals surface area contributed by atoms with Gasteiger partial charge in [0.05, 0.1) is 11.3 Å². The van der Waals surface area contributed by atoms with Crippen LogP contribution in [0.5, 0.6) is 0 Å². The molecule has 1 aromatic rings. The van der Waals surface area contributed by atoms with Crippen LogP contribution in [0.4, 0.5) is 13.2 Å². The molecule has 0 saturated carbocycles. The summed E-state index contributed by atoms with van der Waals surface area (Å²) in [5, 5.41) is 0. The number of halogens is 3. The summed E-state index contributed by atoms with van der Waals surface area (Å²) in [7, 11) is -3.26. The summed E-state index contributed by atoms with van der Waals surface area (Å²) in [5.74, 6) is -0.766. The lowest BCUT2D eigenvalue weighted by Gasteiger charge is -2.38. The molecule has 172 valence electrons. The van der Waals surface area contributed by atoms with E-state index in [1.165, 1.54) is 21.3 Å². The molecular weight excluding hydrogens is 435 g/mol. The van der Waals surface area contributed by atoms with Gasteiger partial charge in [0, 0.05) is 50.7 Å². The topological polar surface area (TPSA) is 78.0 Å². The summed E-state index contributed by atoms with van der Waals surface area (Å²) >= 11 is 0. The summed E-state index contributed by atoms with van der Waals surface area (Å²) in [4.78, 5) is 28.5. The number of carbonyl (C=O) groups excluding carboxylic acids is 2. The lowest BCUT2D eigenvalue weighted by atomic mass is 9.96. The second kappa shape index (κ2) is 9.15. The van der Waals surface area contributed by atoms with E-state index in [0.29, 0.717) is 39.0 Å². The van der Waals surface area contributed by atoms with Crippen molar-refractivity contribution >= 4 is 21.8 Å². The standard InChI is InChI=1S/C20H26F3N3O4S/c1-2-31(29,30)26-8-6-15(7-9-26)18(27)24-10-12-25(13-11-24)19(28)16-4-3-5-17(14-16)20(21,22)23/h3-5,14-15H,2,6-13H2,1H3. The zero-order valence-electron chi connectivity index (χ0n) is 17.3. The fraction of sp³-hybridized carbons (Fsp3) is 0.600. The molecule has 2 saturated heterocycles. The molecule has 2 fully saturated rings. The number of nitrogens with zero attached hydrogens (tertiary/aromatic N) is 3. The Balaban J connectivity index is 1.54. The summed E-state index contributed by atoms with van der Waals surface area (Å²) in [6.07, 6.45) is -3.60. The molecule has 3 rings (SSSR count). The predicted molar refractivity (Wildman–Crippen MR) is 108 cm³/mol. The van der Waals surface area contributed by atoms with Gasteiger partial charge < -0.3 is 9.80 Å². The van der Waals surface area contributed by atoms with Crippen LogP contribution < -0.4 is 0 Å². The van der Waals surface area contributed by atoms with Crippen LogP contribution in [0.1, 0.15) is 35.7 Å². The number of alkyl halides is 3. The Kier molecular flexibility index (Phi) is 6.95. The van der Waals surface area contributed by atoms with E-state index in [9.17, 15) is 31.2 Å². The largest absolute Gasteiger partial charge is 0.416 e. The first-order chi connectivity index (χ1) is 14.5. The third-order valence-corrected chi connectivity index (χ3v) is 7.76. The highest BCUT2D eigenvalue weighted by molar-refractivity contribution is 7.89. The molecule has 0 atom stereocenters. The molecular formula is C20H26F3N3O4S. The SMILES string of the molecule is CCS(=O)(=O)N1CCC(C(=O)N2CCN(C(=O)c3cccc(C(F)(F)F)c3)CC2)CC1. The fourth-order valence-corrected chi connectivity index (χ4v) is 5.10. The Bertz CT molecular complexity index is 920. The van der Waals surface area contributed by atoms with Gasteiger partial charge in [-0.3, -0.25) is 9.59 Å². The predicted octanol–water partition coefficient (Wildman–Crippen LogP) is 2.05. The van der Waals surface area contributed by atoms with Gasteiger partial charge >= 0.3 is 6.18 Å². The van der Waals surface area contributed by atoms with Gasteiger partial charge in [-0.05, 0) is 38.0 Å². The van der Waals surface area contributed by atoms with Crippen LogP contribution in [0.15, 0.2) is 24.3 Å². The maximum atomic E-state index is 12.9. The Morgan fingerprint density at radius 1 is 1.00 bits per heavy atom. The summed E-state index contributed by atoms with van der Waals surface area (Å²) in [6, 6.07) is 4.33. The summed E-state index contributed by atoms with van der Waals surface area (Å²) < 4.78 is 64.0. The van der Waals surface area contributed by atoms with E-state index in [1.54, 1.807) is 11.8 Å². The minimum absolute atomic E-state index is 0.0286. The van der Waals surface area contributed by atoms with Crippen LogP contribution in [0.3, 0.4) is 0 Å². The van der Waals surface area contributed by atoms with Crippen LogP contribution in [0.2, 0.25) is 0 Å². The van der Waals surface area contributed by atoms with Crippen molar-refractivity contribution in [3.63, 3.8) is 0 Å². The van der Waals surface area contributed by atoms with E-state index < -0.39 is 27.7 Å². The van der Waals surface area contributed by atoms with Crippen LogP contribution in [0, 0.1) is 5.92 Å². The maximum absolute atomic E-state index is 12.9. The van der Waals surface area contributed by atoms with Crippen LogP contribution >= 0.6 is 0 Å². The molecule has 0 bridgehead atoms. The first kappa shape index (κ1) is 23.5. The zero-order valence-corrected chi connectivity index (χ0v) is 18.1. The smallest absolute Gasteiger partial charge is 0.339 e. The Hall–Kier alpha value is -2.14. The van der Waals surface area contributed by atoms with Crippen molar-refractivity contribution in [2.75, 3.05) is 45.0 Å². The second-order valence-corrected chi connectivity index (χ2v) is 10.0. The van der Waals surface area contributed by atoms with E-state index in [1.807, 2.05) is 0 Å². The van der Waals surface area contributed by atoms with Gasteiger partial charge in [-0.2, -0.15) is 13.2 Å². The normalized spacial score (nSPS) is 19.5. The number of amides is 2. The molecule has 2 amide bonds. The quantitative estimate of drug-likeness (QED) is 0.688. The fourth-order valence-electron chi connectivity index (χ4n) is 3.96. The molecule has 2 aliphatic heterocycles. The molecule has 11 heteroatoms. The average Bonchev–Trinajstić information content (AvgIpc) is 2.78. The highest BCUT2D eigenvalue weighted by Crippen LogP contribution is 2.30. The number of piperazine rings is 1. The lowest BCUT2D eigenvalue weighted by Crippen LogP contribution is -2.53. The minimum atomic E-state index is -4.52. The van der Waals surface area contributed by atoms with Gasteiger partial charge in [-0.1, -0.05) is 6.07 Å². The Morgan fingerprint density at radius 2 is 1.58 bits per heavy atom. The molecule has 2 heterocycles. The number of piperidine rings is 1. The Morgan fingerprint density at radius 3 is 2.13 bits per heavy atom. The molecule has 2 aliphatic rings. The first-order valence-corrected chi connectivity index (χ1v) is 11.9. The second-order valence-electron chi connectivity index (χ2n) is 7.77. The molecule has 0 aliphatic carbocycles. The average molecular weight is 462 g/mol. The van der Waals surface area contributed by atoms with Gasteiger partial charge in [0.15, 0.2) is 0 Å². The van der Waals surface area contributed by atoms with Crippen molar-refractivity contribution in [2.24, 2.45) is 5.92 Å². The molecule has 0 aromatic heterocycles. The number of carbonyl (C=O) groups is 2. The third kappa shape index (κ3) is 5.38. The number of rotatable bonds is 4. The minimum Gasteiger partial charge on any atom is -0.339 e. The van der Waals surface area contributed by atoms with E-state index in [-0.39, 0.29) is 36.2 Å². The van der Waals surface area contributed by atoms with E-state index in [0.717, 1.165) is 12.1 Å². The van der Waals surface area contributed by atoms with Crippen LogP contribution in [-0.2, 0) is 21.0 Å². The molecule has 0 unspecified atom stereocenters. The van der Waals surface area contributed by atoms with Crippen LogP contribution in [0.25, 0.3) is 0 Å². The van der Waals surface area contributed by atoms with Crippen molar-refractivity contribution in [2.45, 2.75) is 25.9 Å². The van der Waals surface area contributed by atoms with Crippen molar-refractivity contribution in [3.05, 3.63) is 35.4 Å². The van der Waals surface area contributed by atoms with Gasteiger partial charge in [0.2, 0.25) is 15.9 Å². The Labute approximate surface area is 179 Å². The van der Waals surface area contributed by atoms with Crippen molar-refractivity contribution in [1.29, 1.82) is 0 Å². The first-order valence-electron chi connectivity index (χ1n) is 10.3. The number of benzene rings is 1. The summed E-state index contributed by atoms with van der Waals surface area (Å²) in [5.41, 5.74) is -0.900. The molecule has 7 nitrogen and oxygen atoms in total. The highest BCUT2D eigenvalue weighted by Gasteiger charge is 2.35. The zero-order chi connectivity index (χ0) is 22.8. The monoisotopic (exact) mass is 461 g/mol. The van der Waals surface area contributed by atoms with Crippen molar-refractivity contribution < 1.29 is 31.2 Å². The third-order valence-electron chi connectivity index (χ3n) is 5.88.